The number of pyridine rings is 1. The van der Waals surface area contributed by atoms with E-state index in [9.17, 15) is 13.6 Å². The zero-order valence-electron chi connectivity index (χ0n) is 8.91. The van der Waals surface area contributed by atoms with Crippen LogP contribution in [0.25, 0.3) is 0 Å². The highest BCUT2D eigenvalue weighted by Gasteiger charge is 2.09. The molecule has 1 aromatic rings. The predicted octanol–water partition coefficient (Wildman–Crippen LogP) is 0.387. The third-order valence-electron chi connectivity index (χ3n) is 1.75. The number of carbonyl (C=O) groups excluding carboxylic acids is 1. The number of rotatable bonds is 3. The Morgan fingerprint density at radius 3 is 2.82 bits per heavy atom. The van der Waals surface area contributed by atoms with Crippen LogP contribution in [-0.2, 0) is 0 Å². The van der Waals surface area contributed by atoms with Gasteiger partial charge in [0.15, 0.2) is 0 Å². The van der Waals surface area contributed by atoms with Gasteiger partial charge in [0.2, 0.25) is 0 Å². The Balaban J connectivity index is 2.64. The first-order valence-electron chi connectivity index (χ1n) is 4.85. The number of halogens is 2. The average molecular weight is 239 g/mol. The van der Waals surface area contributed by atoms with Crippen molar-refractivity contribution in [2.75, 3.05) is 13.1 Å². The van der Waals surface area contributed by atoms with E-state index in [1.54, 1.807) is 6.07 Å². The van der Waals surface area contributed by atoms with Crippen molar-refractivity contribution in [3.05, 3.63) is 29.6 Å². The van der Waals surface area contributed by atoms with Gasteiger partial charge in [0.1, 0.15) is 5.69 Å². The van der Waals surface area contributed by atoms with E-state index in [2.05, 4.69) is 22.1 Å². The van der Waals surface area contributed by atoms with Crippen LogP contribution in [0, 0.1) is 11.8 Å². The standard InChI is InChI=1S/C11H11F2N3O/c12-10(13)7-16-11(17)9-4-3-8(6-15-9)2-1-5-14/h3-4,6,10H,5,7,14H2,(H,16,17). The smallest absolute Gasteiger partial charge is 0.270 e. The van der Waals surface area contributed by atoms with Gasteiger partial charge in [0.25, 0.3) is 12.3 Å². The molecule has 1 aromatic heterocycles. The van der Waals surface area contributed by atoms with Crippen molar-refractivity contribution in [1.29, 1.82) is 0 Å². The second-order valence-electron chi connectivity index (χ2n) is 3.04. The maximum Gasteiger partial charge on any atom is 0.270 e. The number of aromatic nitrogens is 1. The number of hydrogen-bond donors (Lipinski definition) is 2. The minimum Gasteiger partial charge on any atom is -0.345 e. The Bertz CT molecular complexity index is 434. The number of amides is 1. The van der Waals surface area contributed by atoms with Gasteiger partial charge in [-0.1, -0.05) is 11.8 Å². The first kappa shape index (κ1) is 13.1. The highest BCUT2D eigenvalue weighted by atomic mass is 19.3. The molecule has 0 aromatic carbocycles. The molecule has 0 atom stereocenters. The monoisotopic (exact) mass is 239 g/mol. The molecular formula is C11H11F2N3O. The topological polar surface area (TPSA) is 68.0 Å². The van der Waals surface area contributed by atoms with E-state index in [1.165, 1.54) is 12.3 Å². The Labute approximate surface area is 97.2 Å². The zero-order valence-corrected chi connectivity index (χ0v) is 8.91. The normalized spacial score (nSPS) is 9.65. The lowest BCUT2D eigenvalue weighted by Gasteiger charge is -2.03. The summed E-state index contributed by atoms with van der Waals surface area (Å²) in [5, 5.41) is 2.05. The molecule has 90 valence electrons. The summed E-state index contributed by atoms with van der Waals surface area (Å²) in [6.07, 6.45) is -1.19. The molecule has 0 fully saturated rings. The predicted molar refractivity (Wildman–Crippen MR) is 58.5 cm³/mol. The number of hydrogen-bond acceptors (Lipinski definition) is 3. The van der Waals surface area contributed by atoms with Gasteiger partial charge in [-0.25, -0.2) is 13.8 Å². The van der Waals surface area contributed by atoms with Crippen LogP contribution < -0.4 is 11.1 Å². The molecular weight excluding hydrogens is 228 g/mol. The summed E-state index contributed by atoms with van der Waals surface area (Å²) in [6.45, 7) is -0.453. The van der Waals surface area contributed by atoms with Gasteiger partial charge in [-0.3, -0.25) is 4.79 Å². The van der Waals surface area contributed by atoms with Crippen molar-refractivity contribution in [3.63, 3.8) is 0 Å². The number of alkyl halides is 2. The first-order valence-corrected chi connectivity index (χ1v) is 4.85. The Morgan fingerprint density at radius 2 is 2.29 bits per heavy atom. The van der Waals surface area contributed by atoms with E-state index < -0.39 is 18.9 Å². The summed E-state index contributed by atoms with van der Waals surface area (Å²) < 4.78 is 23.7. The van der Waals surface area contributed by atoms with Gasteiger partial charge in [-0.15, -0.1) is 0 Å². The van der Waals surface area contributed by atoms with Crippen molar-refractivity contribution in [2.24, 2.45) is 5.73 Å². The Morgan fingerprint density at radius 1 is 1.53 bits per heavy atom. The van der Waals surface area contributed by atoms with Crippen molar-refractivity contribution in [2.45, 2.75) is 6.43 Å². The van der Waals surface area contributed by atoms with Crippen LogP contribution in [0.1, 0.15) is 16.1 Å². The quantitative estimate of drug-likeness (QED) is 0.750. The lowest BCUT2D eigenvalue weighted by molar-refractivity contribution is 0.0887. The molecule has 0 aliphatic heterocycles. The summed E-state index contributed by atoms with van der Waals surface area (Å²) in [5.41, 5.74) is 5.88. The minimum absolute atomic E-state index is 0.0731. The molecule has 17 heavy (non-hydrogen) atoms. The van der Waals surface area contributed by atoms with Crippen LogP contribution in [0.2, 0.25) is 0 Å². The van der Waals surface area contributed by atoms with Gasteiger partial charge in [0.05, 0.1) is 13.1 Å². The van der Waals surface area contributed by atoms with E-state index >= 15 is 0 Å². The number of nitrogens with zero attached hydrogens (tertiary/aromatic N) is 1. The molecule has 0 radical (unpaired) electrons. The van der Waals surface area contributed by atoms with Crippen molar-refractivity contribution in [3.8, 4) is 11.8 Å². The molecule has 1 rings (SSSR count). The second-order valence-corrected chi connectivity index (χ2v) is 3.04. The third-order valence-corrected chi connectivity index (χ3v) is 1.75. The van der Waals surface area contributed by atoms with Crippen molar-refractivity contribution >= 4 is 5.91 Å². The fourth-order valence-electron chi connectivity index (χ4n) is 1.02. The molecule has 0 aliphatic rings. The maximum absolute atomic E-state index is 11.8. The highest BCUT2D eigenvalue weighted by molar-refractivity contribution is 5.92. The van der Waals surface area contributed by atoms with Crippen LogP contribution >= 0.6 is 0 Å². The number of nitrogens with one attached hydrogen (secondary N) is 1. The summed E-state index contributed by atoms with van der Waals surface area (Å²) in [4.78, 5) is 15.1. The average Bonchev–Trinajstić information content (AvgIpc) is 2.34. The first-order chi connectivity index (χ1) is 8.13. The Kier molecular flexibility index (Phi) is 5.04. The molecule has 1 heterocycles. The molecule has 0 saturated carbocycles. The number of nitrogens with two attached hydrogens (primary N) is 1. The van der Waals surface area contributed by atoms with E-state index in [4.69, 9.17) is 5.73 Å². The van der Waals surface area contributed by atoms with E-state index in [0.717, 1.165) is 0 Å². The fraction of sp³-hybridized carbons (Fsp3) is 0.273. The summed E-state index contributed by atoms with van der Waals surface area (Å²) >= 11 is 0. The molecule has 0 unspecified atom stereocenters. The SMILES string of the molecule is NCC#Cc1ccc(C(=O)NCC(F)F)nc1. The fourth-order valence-corrected chi connectivity index (χ4v) is 1.02. The van der Waals surface area contributed by atoms with E-state index in [0.29, 0.717) is 5.56 Å². The van der Waals surface area contributed by atoms with Crippen LogP contribution in [0.15, 0.2) is 18.3 Å². The molecule has 1 amide bonds. The minimum atomic E-state index is -2.58. The van der Waals surface area contributed by atoms with Gasteiger partial charge in [0, 0.05) is 11.8 Å². The van der Waals surface area contributed by atoms with E-state index in [1.807, 2.05) is 0 Å². The zero-order chi connectivity index (χ0) is 12.7. The third kappa shape index (κ3) is 4.57. The largest absolute Gasteiger partial charge is 0.345 e. The Hall–Kier alpha value is -2.00. The summed E-state index contributed by atoms with van der Waals surface area (Å²) in [5.74, 6) is 4.73. The second kappa shape index (κ2) is 6.55. The number of carbonyl (C=O) groups is 1. The van der Waals surface area contributed by atoms with Gasteiger partial charge in [-0.2, -0.15) is 0 Å². The van der Waals surface area contributed by atoms with Crippen LogP contribution in [0.4, 0.5) is 8.78 Å². The molecule has 4 nitrogen and oxygen atoms in total. The molecule has 0 spiro atoms. The van der Waals surface area contributed by atoms with Gasteiger partial charge >= 0.3 is 0 Å². The molecule has 0 aliphatic carbocycles. The maximum atomic E-state index is 11.8. The van der Waals surface area contributed by atoms with Crippen molar-refractivity contribution < 1.29 is 13.6 Å². The van der Waals surface area contributed by atoms with Gasteiger partial charge in [-0.05, 0) is 12.1 Å². The van der Waals surface area contributed by atoms with Crippen LogP contribution in [0.3, 0.4) is 0 Å². The highest BCUT2D eigenvalue weighted by Crippen LogP contribution is 1.99. The summed E-state index contributed by atoms with van der Waals surface area (Å²) in [6, 6.07) is 2.99. The van der Waals surface area contributed by atoms with Crippen molar-refractivity contribution in [1.82, 2.24) is 10.3 Å². The summed E-state index contributed by atoms with van der Waals surface area (Å²) in [7, 11) is 0. The lowest BCUT2D eigenvalue weighted by atomic mass is 10.2. The van der Waals surface area contributed by atoms with Crippen LogP contribution in [0.5, 0.6) is 0 Å². The molecule has 6 heteroatoms. The van der Waals surface area contributed by atoms with Gasteiger partial charge < -0.3 is 11.1 Å². The lowest BCUT2D eigenvalue weighted by Crippen LogP contribution is -2.29. The van der Waals surface area contributed by atoms with Crippen LogP contribution in [-0.4, -0.2) is 30.4 Å². The molecule has 0 saturated heterocycles. The van der Waals surface area contributed by atoms with E-state index in [-0.39, 0.29) is 12.2 Å². The molecule has 0 bridgehead atoms. The molecule has 3 N–H and O–H groups in total.